The van der Waals surface area contributed by atoms with Crippen LogP contribution in [-0.4, -0.2) is 10.7 Å². The lowest BCUT2D eigenvalue weighted by Gasteiger charge is -2.26. The third-order valence-corrected chi connectivity index (χ3v) is 6.55. The van der Waals surface area contributed by atoms with E-state index in [-0.39, 0.29) is 5.37 Å². The van der Waals surface area contributed by atoms with E-state index in [1.807, 2.05) is 17.0 Å². The van der Waals surface area contributed by atoms with Gasteiger partial charge in [-0.25, -0.2) is 0 Å². The Morgan fingerprint density at radius 1 is 0.967 bits per heavy atom. The van der Waals surface area contributed by atoms with Crippen LogP contribution in [0, 0.1) is 0 Å². The standard InChI is InChI=1S/C22H15ClF3NOS2/c23-16-4-8-18(9-5-16)28-19-10-6-17(7-11-19)27-20(29)13-30-21(27)14-2-1-3-15(12-14)22(24,25)26/h1-12,21H,13H2. The molecule has 2 nitrogen and oxygen atoms in total. The van der Waals surface area contributed by atoms with E-state index in [1.54, 1.807) is 42.5 Å². The number of hydrogen-bond donors (Lipinski definition) is 0. The molecule has 0 bridgehead atoms. The minimum atomic E-state index is -4.38. The van der Waals surface area contributed by atoms with Gasteiger partial charge in [0.25, 0.3) is 0 Å². The molecule has 1 aliphatic heterocycles. The average Bonchev–Trinajstić information content (AvgIpc) is 3.11. The quantitative estimate of drug-likeness (QED) is 0.365. The van der Waals surface area contributed by atoms with E-state index in [0.29, 0.717) is 32.8 Å². The summed E-state index contributed by atoms with van der Waals surface area (Å²) >= 11 is 12.9. The van der Waals surface area contributed by atoms with Crippen molar-refractivity contribution in [1.29, 1.82) is 0 Å². The monoisotopic (exact) mass is 465 g/mol. The summed E-state index contributed by atoms with van der Waals surface area (Å²) in [6.07, 6.45) is -4.38. The number of alkyl halides is 3. The molecule has 0 radical (unpaired) electrons. The Kier molecular flexibility index (Phi) is 5.95. The summed E-state index contributed by atoms with van der Waals surface area (Å²) in [7, 11) is 0. The summed E-state index contributed by atoms with van der Waals surface area (Å²) in [6, 6.07) is 19.7. The lowest BCUT2D eigenvalue weighted by atomic mass is 10.1. The van der Waals surface area contributed by atoms with Gasteiger partial charge in [0, 0.05) is 16.5 Å². The van der Waals surface area contributed by atoms with Crippen LogP contribution in [0.25, 0.3) is 0 Å². The maximum atomic E-state index is 13.1. The Bertz CT molecular complexity index is 1060. The van der Waals surface area contributed by atoms with E-state index >= 15 is 0 Å². The van der Waals surface area contributed by atoms with Gasteiger partial charge >= 0.3 is 6.18 Å². The molecule has 1 saturated heterocycles. The van der Waals surface area contributed by atoms with Gasteiger partial charge in [0.2, 0.25) is 0 Å². The largest absolute Gasteiger partial charge is 0.457 e. The van der Waals surface area contributed by atoms with Crippen LogP contribution < -0.4 is 9.64 Å². The lowest BCUT2D eigenvalue weighted by Crippen LogP contribution is -2.26. The fourth-order valence-corrected chi connectivity index (χ4v) is 4.92. The lowest BCUT2D eigenvalue weighted by molar-refractivity contribution is -0.137. The van der Waals surface area contributed by atoms with Crippen molar-refractivity contribution in [2.24, 2.45) is 0 Å². The van der Waals surface area contributed by atoms with Crippen LogP contribution in [0.3, 0.4) is 0 Å². The van der Waals surface area contributed by atoms with Gasteiger partial charge in [0.05, 0.1) is 10.6 Å². The molecular formula is C22H15ClF3NOS2. The number of anilines is 1. The molecule has 1 fully saturated rings. The molecule has 1 unspecified atom stereocenters. The van der Waals surface area contributed by atoms with E-state index in [4.69, 9.17) is 28.6 Å². The first-order valence-electron chi connectivity index (χ1n) is 8.95. The summed E-state index contributed by atoms with van der Waals surface area (Å²) < 4.78 is 45.2. The highest BCUT2D eigenvalue weighted by atomic mass is 35.5. The summed E-state index contributed by atoms with van der Waals surface area (Å²) in [5.74, 6) is 1.86. The van der Waals surface area contributed by atoms with Gasteiger partial charge < -0.3 is 9.64 Å². The van der Waals surface area contributed by atoms with Crippen molar-refractivity contribution < 1.29 is 17.9 Å². The van der Waals surface area contributed by atoms with Crippen molar-refractivity contribution in [2.75, 3.05) is 10.7 Å². The first kappa shape index (κ1) is 21.0. The predicted molar refractivity (Wildman–Crippen MR) is 120 cm³/mol. The Hall–Kier alpha value is -2.22. The molecule has 3 aromatic rings. The van der Waals surface area contributed by atoms with E-state index in [9.17, 15) is 13.2 Å². The zero-order valence-corrected chi connectivity index (χ0v) is 17.8. The normalized spacial score (nSPS) is 16.7. The van der Waals surface area contributed by atoms with Gasteiger partial charge in [0.15, 0.2) is 0 Å². The summed E-state index contributed by atoms with van der Waals surface area (Å²) in [6.45, 7) is 0. The molecule has 0 amide bonds. The predicted octanol–water partition coefficient (Wildman–Crippen LogP) is 7.73. The molecule has 154 valence electrons. The number of hydrogen-bond acceptors (Lipinski definition) is 3. The van der Waals surface area contributed by atoms with Crippen molar-refractivity contribution in [3.05, 3.63) is 88.9 Å². The minimum Gasteiger partial charge on any atom is -0.457 e. The van der Waals surface area contributed by atoms with Crippen LogP contribution in [0.4, 0.5) is 18.9 Å². The van der Waals surface area contributed by atoms with Crippen molar-refractivity contribution in [3.63, 3.8) is 0 Å². The third-order valence-electron chi connectivity index (χ3n) is 4.53. The van der Waals surface area contributed by atoms with Crippen LogP contribution in [0.5, 0.6) is 11.5 Å². The molecule has 0 saturated carbocycles. The average molecular weight is 466 g/mol. The number of halogens is 4. The Morgan fingerprint density at radius 2 is 1.60 bits per heavy atom. The van der Waals surface area contributed by atoms with Gasteiger partial charge in [0.1, 0.15) is 16.9 Å². The molecule has 0 spiro atoms. The van der Waals surface area contributed by atoms with Crippen LogP contribution in [0.1, 0.15) is 16.5 Å². The highest BCUT2D eigenvalue weighted by Gasteiger charge is 2.35. The fraction of sp³-hybridized carbons (Fsp3) is 0.136. The summed E-state index contributed by atoms with van der Waals surface area (Å²) in [4.78, 5) is 2.57. The molecule has 4 rings (SSSR count). The minimum absolute atomic E-state index is 0.317. The molecular weight excluding hydrogens is 451 g/mol. The Labute approximate surface area is 186 Å². The van der Waals surface area contributed by atoms with Crippen LogP contribution in [0.2, 0.25) is 5.02 Å². The maximum absolute atomic E-state index is 13.1. The first-order valence-corrected chi connectivity index (χ1v) is 10.8. The number of thioether (sulfide) groups is 1. The van der Waals surface area contributed by atoms with Gasteiger partial charge in [-0.15, -0.1) is 11.8 Å². The van der Waals surface area contributed by atoms with E-state index in [0.717, 1.165) is 11.8 Å². The van der Waals surface area contributed by atoms with Gasteiger partial charge in [-0.05, 0) is 66.2 Å². The Morgan fingerprint density at radius 3 is 2.23 bits per heavy atom. The number of benzene rings is 3. The van der Waals surface area contributed by atoms with Crippen molar-refractivity contribution in [3.8, 4) is 11.5 Å². The highest BCUT2D eigenvalue weighted by Crippen LogP contribution is 2.44. The second-order valence-electron chi connectivity index (χ2n) is 6.60. The van der Waals surface area contributed by atoms with E-state index in [1.165, 1.54) is 23.9 Å². The van der Waals surface area contributed by atoms with Crippen molar-refractivity contribution in [1.82, 2.24) is 0 Å². The molecule has 0 aliphatic carbocycles. The van der Waals surface area contributed by atoms with E-state index < -0.39 is 11.7 Å². The molecule has 3 aromatic carbocycles. The number of ether oxygens (including phenoxy) is 1. The fourth-order valence-electron chi connectivity index (χ4n) is 3.13. The second kappa shape index (κ2) is 8.49. The third kappa shape index (κ3) is 4.58. The maximum Gasteiger partial charge on any atom is 0.416 e. The van der Waals surface area contributed by atoms with Gasteiger partial charge in [-0.1, -0.05) is 36.0 Å². The molecule has 8 heteroatoms. The SMILES string of the molecule is FC(F)(F)c1cccc(C2SCC(=S)N2c2ccc(Oc3ccc(Cl)cc3)cc2)c1. The first-order chi connectivity index (χ1) is 14.3. The van der Waals surface area contributed by atoms with Gasteiger partial charge in [-0.2, -0.15) is 13.2 Å². The topological polar surface area (TPSA) is 12.5 Å². The molecule has 0 aromatic heterocycles. The van der Waals surface area contributed by atoms with Crippen LogP contribution >= 0.6 is 35.6 Å². The van der Waals surface area contributed by atoms with E-state index in [2.05, 4.69) is 0 Å². The number of rotatable bonds is 4. The molecule has 1 heterocycles. The molecule has 0 N–H and O–H groups in total. The van der Waals surface area contributed by atoms with Crippen molar-refractivity contribution >= 4 is 46.3 Å². The molecule has 1 aliphatic rings. The molecule has 1 atom stereocenters. The second-order valence-corrected chi connectivity index (χ2v) is 8.58. The van der Waals surface area contributed by atoms with Crippen LogP contribution in [0.15, 0.2) is 72.8 Å². The van der Waals surface area contributed by atoms with Gasteiger partial charge in [-0.3, -0.25) is 0 Å². The summed E-state index contributed by atoms with van der Waals surface area (Å²) in [5.41, 5.74) is 0.706. The Balaban J connectivity index is 1.57. The molecule has 30 heavy (non-hydrogen) atoms. The van der Waals surface area contributed by atoms with Crippen molar-refractivity contribution in [2.45, 2.75) is 11.6 Å². The highest BCUT2D eigenvalue weighted by molar-refractivity contribution is 8.02. The number of nitrogens with zero attached hydrogens (tertiary/aromatic N) is 1. The number of thiocarbonyl (C=S) groups is 1. The zero-order chi connectivity index (χ0) is 21.3. The van der Waals surface area contributed by atoms with Crippen LogP contribution in [-0.2, 0) is 6.18 Å². The summed E-state index contributed by atoms with van der Waals surface area (Å²) in [5, 5.41) is 0.307. The zero-order valence-electron chi connectivity index (χ0n) is 15.4. The smallest absolute Gasteiger partial charge is 0.416 e.